The second-order valence-electron chi connectivity index (χ2n) is 8.19. The van der Waals surface area contributed by atoms with Crippen molar-refractivity contribution in [3.8, 4) is 22.8 Å². The molecule has 1 fully saturated rings. The van der Waals surface area contributed by atoms with Gasteiger partial charge in [0.15, 0.2) is 5.76 Å². The van der Waals surface area contributed by atoms with E-state index in [4.69, 9.17) is 9.26 Å². The molecule has 0 spiro atoms. The number of hydrogen-bond donors (Lipinski definition) is 2. The molecular weight excluding hydrogens is 450 g/mol. The quantitative estimate of drug-likeness (QED) is 0.411. The molecule has 0 radical (unpaired) electrons. The van der Waals surface area contributed by atoms with Crippen LogP contribution >= 0.6 is 0 Å². The number of aromatic nitrogens is 5. The minimum absolute atomic E-state index is 0.103. The summed E-state index contributed by atoms with van der Waals surface area (Å²) in [5.41, 5.74) is 1.37. The van der Waals surface area contributed by atoms with Gasteiger partial charge in [0.1, 0.15) is 11.5 Å². The maximum Gasteiger partial charge on any atom is 0.262 e. The zero-order valence-electron chi connectivity index (χ0n) is 19.2. The highest BCUT2D eigenvalue weighted by atomic mass is 16.5. The van der Waals surface area contributed by atoms with E-state index in [0.717, 1.165) is 5.56 Å². The lowest BCUT2D eigenvalue weighted by atomic mass is 9.98. The zero-order valence-corrected chi connectivity index (χ0v) is 19.2. The minimum Gasteiger partial charge on any atom is -0.380 e. The third-order valence-electron chi connectivity index (χ3n) is 5.73. The van der Waals surface area contributed by atoms with Gasteiger partial charge in [-0.2, -0.15) is 0 Å². The molecule has 4 aromatic rings. The van der Waals surface area contributed by atoms with Crippen LogP contribution in [0.25, 0.3) is 22.8 Å². The number of methoxy groups -OCH3 is 1. The molecule has 4 aromatic heterocycles. The third-order valence-corrected chi connectivity index (χ3v) is 5.73. The van der Waals surface area contributed by atoms with Gasteiger partial charge in [-0.05, 0) is 35.9 Å². The number of carbonyl (C=O) groups excluding carboxylic acids is 1. The Morgan fingerprint density at radius 2 is 1.86 bits per heavy atom. The molecule has 1 saturated heterocycles. The summed E-state index contributed by atoms with van der Waals surface area (Å²) in [5, 5.41) is 17.9. The Labute approximate surface area is 200 Å². The van der Waals surface area contributed by atoms with Crippen LogP contribution in [0.2, 0.25) is 0 Å². The first-order valence-corrected chi connectivity index (χ1v) is 10.9. The fourth-order valence-electron chi connectivity index (χ4n) is 3.87. The number of ether oxygens (including phenoxy) is 1. The molecule has 2 N–H and O–H groups in total. The standard InChI is InChI=1S/C24H23N7O4/c1-31-11-8-24(33,22(31)32)20-13-19(30-35-20)17-5-3-4-16(27-17)18-7-10-26-23(28-18)29-21-12-15(14-34-2)6-9-25-21/h3-7,9-10,12-13,33H,8,11,14H2,1-2H3,(H,25,26,28,29)/t24-/m1/s1. The topological polar surface area (TPSA) is 139 Å². The van der Waals surface area contributed by atoms with Crippen molar-refractivity contribution in [3.63, 3.8) is 0 Å². The number of hydrogen-bond acceptors (Lipinski definition) is 10. The summed E-state index contributed by atoms with van der Waals surface area (Å²) >= 11 is 0. The van der Waals surface area contributed by atoms with Gasteiger partial charge in [0.2, 0.25) is 11.5 Å². The summed E-state index contributed by atoms with van der Waals surface area (Å²) in [4.78, 5) is 31.6. The summed E-state index contributed by atoms with van der Waals surface area (Å²) < 4.78 is 10.5. The molecule has 0 bridgehead atoms. The van der Waals surface area contributed by atoms with Gasteiger partial charge in [-0.3, -0.25) is 4.79 Å². The molecule has 0 saturated carbocycles. The average Bonchev–Trinajstić information content (AvgIpc) is 3.47. The maximum absolute atomic E-state index is 12.4. The van der Waals surface area contributed by atoms with Gasteiger partial charge < -0.3 is 24.6 Å². The largest absolute Gasteiger partial charge is 0.380 e. The maximum atomic E-state index is 12.4. The number of likely N-dealkylation sites (tertiary alicyclic amines) is 1. The molecule has 0 aromatic carbocycles. The highest BCUT2D eigenvalue weighted by molar-refractivity contribution is 5.87. The van der Waals surface area contributed by atoms with E-state index in [-0.39, 0.29) is 12.2 Å². The van der Waals surface area contributed by atoms with Crippen molar-refractivity contribution >= 4 is 17.7 Å². The third kappa shape index (κ3) is 4.46. The normalized spacial score (nSPS) is 17.7. The summed E-state index contributed by atoms with van der Waals surface area (Å²) in [6, 6.07) is 12.4. The fourth-order valence-corrected chi connectivity index (χ4v) is 3.87. The molecule has 1 amide bonds. The van der Waals surface area contributed by atoms with Crippen LogP contribution in [0.3, 0.4) is 0 Å². The number of amides is 1. The number of anilines is 2. The van der Waals surface area contributed by atoms with Gasteiger partial charge in [0.25, 0.3) is 5.91 Å². The predicted octanol–water partition coefficient (Wildman–Crippen LogP) is 2.53. The number of aliphatic hydroxyl groups is 1. The molecule has 11 heteroatoms. The van der Waals surface area contributed by atoms with Crippen molar-refractivity contribution in [2.24, 2.45) is 0 Å². The molecule has 35 heavy (non-hydrogen) atoms. The number of nitrogens with one attached hydrogen (secondary N) is 1. The Morgan fingerprint density at radius 3 is 2.63 bits per heavy atom. The summed E-state index contributed by atoms with van der Waals surface area (Å²) in [6.45, 7) is 0.913. The van der Waals surface area contributed by atoms with Gasteiger partial charge in [0.05, 0.1) is 23.7 Å². The first kappa shape index (κ1) is 22.6. The van der Waals surface area contributed by atoms with Gasteiger partial charge in [0, 0.05) is 45.6 Å². The molecule has 0 aliphatic carbocycles. The van der Waals surface area contributed by atoms with Crippen molar-refractivity contribution in [1.29, 1.82) is 0 Å². The number of carbonyl (C=O) groups is 1. The van der Waals surface area contributed by atoms with Crippen molar-refractivity contribution in [2.45, 2.75) is 18.6 Å². The van der Waals surface area contributed by atoms with Gasteiger partial charge in [-0.1, -0.05) is 11.2 Å². The van der Waals surface area contributed by atoms with Crippen molar-refractivity contribution in [2.75, 3.05) is 26.0 Å². The summed E-state index contributed by atoms with van der Waals surface area (Å²) in [7, 11) is 3.27. The van der Waals surface area contributed by atoms with Crippen LogP contribution in [0.4, 0.5) is 11.8 Å². The van der Waals surface area contributed by atoms with Crippen LogP contribution in [0, 0.1) is 0 Å². The molecule has 11 nitrogen and oxygen atoms in total. The number of likely N-dealkylation sites (N-methyl/N-ethyl adjacent to an activating group) is 1. The van der Waals surface area contributed by atoms with E-state index in [1.807, 2.05) is 24.3 Å². The van der Waals surface area contributed by atoms with Crippen LogP contribution in [0.5, 0.6) is 0 Å². The second kappa shape index (κ2) is 9.20. The fraction of sp³-hybridized carbons (Fsp3) is 0.250. The molecule has 1 aliphatic heterocycles. The number of pyridine rings is 2. The average molecular weight is 473 g/mol. The second-order valence-corrected chi connectivity index (χ2v) is 8.19. The Hall–Kier alpha value is -4.22. The van der Waals surface area contributed by atoms with Crippen LogP contribution < -0.4 is 5.32 Å². The highest BCUT2D eigenvalue weighted by Crippen LogP contribution is 2.34. The highest BCUT2D eigenvalue weighted by Gasteiger charge is 2.48. The van der Waals surface area contributed by atoms with Gasteiger partial charge in [-0.15, -0.1) is 0 Å². The lowest BCUT2D eigenvalue weighted by Gasteiger charge is -2.16. The monoisotopic (exact) mass is 473 g/mol. The Morgan fingerprint density at radius 1 is 1.09 bits per heavy atom. The zero-order chi connectivity index (χ0) is 24.4. The van der Waals surface area contributed by atoms with Crippen molar-refractivity contribution in [1.82, 2.24) is 30.0 Å². The van der Waals surface area contributed by atoms with Gasteiger partial charge in [-0.25, -0.2) is 19.9 Å². The first-order valence-electron chi connectivity index (χ1n) is 10.9. The van der Waals surface area contributed by atoms with Crippen molar-refractivity contribution in [3.05, 3.63) is 66.2 Å². The lowest BCUT2D eigenvalue weighted by Crippen LogP contribution is -2.35. The van der Waals surface area contributed by atoms with Gasteiger partial charge >= 0.3 is 0 Å². The lowest BCUT2D eigenvalue weighted by molar-refractivity contribution is -0.144. The molecule has 1 aliphatic rings. The van der Waals surface area contributed by atoms with E-state index < -0.39 is 11.5 Å². The first-order chi connectivity index (χ1) is 17.0. The van der Waals surface area contributed by atoms with Crippen LogP contribution in [0.15, 0.2) is 59.4 Å². The Balaban J connectivity index is 1.39. The summed E-state index contributed by atoms with van der Waals surface area (Å²) in [5.74, 6) is 0.654. The molecule has 5 rings (SSSR count). The molecule has 0 unspecified atom stereocenters. The van der Waals surface area contributed by atoms with E-state index in [1.54, 1.807) is 44.8 Å². The van der Waals surface area contributed by atoms with E-state index in [9.17, 15) is 9.90 Å². The molecule has 178 valence electrons. The van der Waals surface area contributed by atoms with E-state index in [2.05, 4.69) is 30.4 Å². The predicted molar refractivity (Wildman–Crippen MR) is 125 cm³/mol. The van der Waals surface area contributed by atoms with Crippen LogP contribution in [-0.4, -0.2) is 61.7 Å². The molecular formula is C24H23N7O4. The van der Waals surface area contributed by atoms with Crippen LogP contribution in [-0.2, 0) is 21.7 Å². The van der Waals surface area contributed by atoms with E-state index in [1.165, 1.54) is 4.90 Å². The SMILES string of the molecule is COCc1ccnc(Nc2nccc(-c3cccc(-c4cc([C@]5(O)CCN(C)C5=O)on4)n3)n2)c1. The summed E-state index contributed by atoms with van der Waals surface area (Å²) in [6.07, 6.45) is 3.56. The smallest absolute Gasteiger partial charge is 0.262 e. The number of nitrogens with zero attached hydrogens (tertiary/aromatic N) is 6. The van der Waals surface area contributed by atoms with E-state index >= 15 is 0 Å². The van der Waals surface area contributed by atoms with Crippen molar-refractivity contribution < 1.29 is 19.2 Å². The Kier molecular flexibility index (Phi) is 5.93. The number of rotatable bonds is 7. The molecule has 5 heterocycles. The molecule has 1 atom stereocenters. The Bertz CT molecular complexity index is 1380. The van der Waals surface area contributed by atoms with E-state index in [0.29, 0.717) is 47.7 Å². The van der Waals surface area contributed by atoms with Crippen LogP contribution in [0.1, 0.15) is 17.7 Å². The minimum atomic E-state index is -1.71.